The summed E-state index contributed by atoms with van der Waals surface area (Å²) in [5.41, 5.74) is -0.664. The Morgan fingerprint density at radius 2 is 1.74 bits per heavy atom. The summed E-state index contributed by atoms with van der Waals surface area (Å²) in [6.07, 6.45) is 3.15. The molecule has 3 N–H and O–H groups in total. The smallest absolute Gasteiger partial charge is 0.214 e. The second kappa shape index (κ2) is 11.1. The van der Waals surface area contributed by atoms with Crippen molar-refractivity contribution < 1.29 is 16.8 Å². The Labute approximate surface area is 181 Å². The summed E-state index contributed by atoms with van der Waals surface area (Å²) in [6.45, 7) is 6.79. The average molecular weight is 540 g/mol. The van der Waals surface area contributed by atoms with Gasteiger partial charge in [-0.25, -0.2) is 25.9 Å². The molecule has 0 saturated carbocycles. The molecule has 0 atom stereocenters. The van der Waals surface area contributed by atoms with Crippen LogP contribution in [0.4, 0.5) is 0 Å². The molecule has 0 spiro atoms. The minimum absolute atomic E-state index is 0. The molecular weight excluding hydrogens is 505 g/mol. The van der Waals surface area contributed by atoms with Crippen LogP contribution < -0.4 is 15.4 Å². The third-order valence-corrected chi connectivity index (χ3v) is 7.03. The number of guanidine groups is 1. The molecule has 162 valence electrons. The lowest BCUT2D eigenvalue weighted by Crippen LogP contribution is -2.55. The maximum atomic E-state index is 12.1. The summed E-state index contributed by atoms with van der Waals surface area (Å²) in [7, 11) is -4.80. The van der Waals surface area contributed by atoms with Gasteiger partial charge in [-0.05, 0) is 33.1 Å². The summed E-state index contributed by atoms with van der Waals surface area (Å²) < 4.78 is 51.1. The summed E-state index contributed by atoms with van der Waals surface area (Å²) in [4.78, 5) is 4.16. The van der Waals surface area contributed by atoms with Crippen molar-refractivity contribution >= 4 is 50.0 Å². The van der Waals surface area contributed by atoms with Crippen molar-refractivity contribution in [2.24, 2.45) is 4.99 Å². The number of aliphatic imine (C=N–C) groups is 1. The molecule has 1 aliphatic heterocycles. The average Bonchev–Trinajstić information content (AvgIpc) is 2.49. The van der Waals surface area contributed by atoms with Crippen LogP contribution >= 0.6 is 24.0 Å². The molecule has 0 aromatic rings. The van der Waals surface area contributed by atoms with Gasteiger partial charge in [0.05, 0.1) is 12.0 Å². The molecule has 0 bridgehead atoms. The molecule has 12 heteroatoms. The number of halogens is 1. The Hall–Kier alpha value is -0.180. The zero-order chi connectivity index (χ0) is 20.0. The molecule has 27 heavy (non-hydrogen) atoms. The highest BCUT2D eigenvalue weighted by molar-refractivity contribution is 14.0. The van der Waals surface area contributed by atoms with Crippen molar-refractivity contribution in [2.75, 3.05) is 38.7 Å². The van der Waals surface area contributed by atoms with E-state index in [0.29, 0.717) is 44.9 Å². The third-order valence-electron chi connectivity index (χ3n) is 4.03. The van der Waals surface area contributed by atoms with Crippen molar-refractivity contribution in [2.45, 2.75) is 51.6 Å². The fourth-order valence-electron chi connectivity index (χ4n) is 2.90. The van der Waals surface area contributed by atoms with Crippen molar-refractivity contribution in [3.8, 4) is 0 Å². The predicted octanol–water partition coefficient (Wildman–Crippen LogP) is 0.301. The quantitative estimate of drug-likeness (QED) is 0.232. The van der Waals surface area contributed by atoms with E-state index in [1.807, 2.05) is 6.92 Å². The van der Waals surface area contributed by atoms with Crippen LogP contribution in [0, 0.1) is 0 Å². The lowest BCUT2D eigenvalue weighted by molar-refractivity contribution is 0.305. The van der Waals surface area contributed by atoms with Crippen LogP contribution in [0.1, 0.15) is 40.0 Å². The van der Waals surface area contributed by atoms with Crippen LogP contribution in [0.3, 0.4) is 0 Å². The molecule has 9 nitrogen and oxygen atoms in total. The first-order chi connectivity index (χ1) is 11.9. The topological polar surface area (TPSA) is 120 Å². The number of piperidine rings is 1. The molecule has 1 aliphatic rings. The van der Waals surface area contributed by atoms with E-state index >= 15 is 0 Å². The summed E-state index contributed by atoms with van der Waals surface area (Å²) >= 11 is 0. The Balaban J connectivity index is 0.00000676. The second-order valence-electron chi connectivity index (χ2n) is 7.32. The number of nitrogens with zero attached hydrogens (tertiary/aromatic N) is 2. The standard InChI is InChI=1S/C15H33N5O4S2.HI/c1-6-11-26(23,24)20-9-7-13(8-10-20)18-14(16-4)17-12-15(2,3)19-25(5,21)22;/h13,19H,6-12H2,1-5H3,(H2,16,17,18);1H. The molecule has 0 aromatic carbocycles. The molecule has 1 heterocycles. The van der Waals surface area contributed by atoms with Crippen LogP contribution in [0.25, 0.3) is 0 Å². The third kappa shape index (κ3) is 10.2. The molecule has 0 aliphatic carbocycles. The zero-order valence-corrected chi connectivity index (χ0v) is 20.7. The monoisotopic (exact) mass is 539 g/mol. The van der Waals surface area contributed by atoms with Gasteiger partial charge in [-0.3, -0.25) is 4.99 Å². The zero-order valence-electron chi connectivity index (χ0n) is 16.8. The van der Waals surface area contributed by atoms with Gasteiger partial charge in [0, 0.05) is 38.3 Å². The van der Waals surface area contributed by atoms with Crippen molar-refractivity contribution in [3.05, 3.63) is 0 Å². The molecule has 0 amide bonds. The normalized spacial score (nSPS) is 18.0. The van der Waals surface area contributed by atoms with Gasteiger partial charge in [0.2, 0.25) is 20.0 Å². The highest BCUT2D eigenvalue weighted by atomic mass is 127. The van der Waals surface area contributed by atoms with Gasteiger partial charge in [-0.15, -0.1) is 24.0 Å². The van der Waals surface area contributed by atoms with Gasteiger partial charge in [-0.1, -0.05) is 6.92 Å². The van der Waals surface area contributed by atoms with Crippen LogP contribution in [0.2, 0.25) is 0 Å². The SMILES string of the molecule is CCCS(=O)(=O)N1CCC(NC(=NC)NCC(C)(C)NS(C)(=O)=O)CC1.I. The van der Waals surface area contributed by atoms with E-state index in [-0.39, 0.29) is 35.8 Å². The number of hydrogen-bond acceptors (Lipinski definition) is 5. The lowest BCUT2D eigenvalue weighted by atomic mass is 10.1. The first kappa shape index (κ1) is 26.8. The first-order valence-corrected chi connectivity index (χ1v) is 12.3. The Bertz CT molecular complexity index is 687. The van der Waals surface area contributed by atoms with E-state index in [1.165, 1.54) is 0 Å². The van der Waals surface area contributed by atoms with E-state index in [2.05, 4.69) is 20.3 Å². The number of sulfonamides is 2. The predicted molar refractivity (Wildman–Crippen MR) is 121 cm³/mol. The molecule has 0 aromatic heterocycles. The van der Waals surface area contributed by atoms with Gasteiger partial charge >= 0.3 is 0 Å². The minimum Gasteiger partial charge on any atom is -0.355 e. The van der Waals surface area contributed by atoms with Crippen molar-refractivity contribution in [1.29, 1.82) is 0 Å². The minimum atomic E-state index is -3.30. The summed E-state index contributed by atoms with van der Waals surface area (Å²) in [5.74, 6) is 0.764. The fourth-order valence-corrected chi connectivity index (χ4v) is 5.51. The van der Waals surface area contributed by atoms with Gasteiger partial charge < -0.3 is 10.6 Å². The van der Waals surface area contributed by atoms with Crippen LogP contribution in [0.15, 0.2) is 4.99 Å². The molecule has 1 rings (SSSR count). The first-order valence-electron chi connectivity index (χ1n) is 8.82. The Kier molecular flexibility index (Phi) is 11.0. The maximum Gasteiger partial charge on any atom is 0.214 e. The van der Waals surface area contributed by atoms with Gasteiger partial charge in [-0.2, -0.15) is 0 Å². The van der Waals surface area contributed by atoms with Crippen LogP contribution in [0.5, 0.6) is 0 Å². The lowest BCUT2D eigenvalue weighted by Gasteiger charge is -2.33. The van der Waals surface area contributed by atoms with Gasteiger partial charge in [0.1, 0.15) is 0 Å². The van der Waals surface area contributed by atoms with E-state index in [1.54, 1.807) is 25.2 Å². The van der Waals surface area contributed by atoms with Gasteiger partial charge in [0.25, 0.3) is 0 Å². The van der Waals surface area contributed by atoms with E-state index in [4.69, 9.17) is 0 Å². The molecular formula is C15H34IN5O4S2. The highest BCUT2D eigenvalue weighted by Gasteiger charge is 2.28. The Morgan fingerprint density at radius 3 is 2.19 bits per heavy atom. The van der Waals surface area contributed by atoms with Gasteiger partial charge in [0.15, 0.2) is 5.96 Å². The van der Waals surface area contributed by atoms with Crippen molar-refractivity contribution in [3.63, 3.8) is 0 Å². The van der Waals surface area contributed by atoms with Crippen LogP contribution in [-0.4, -0.2) is 77.4 Å². The largest absolute Gasteiger partial charge is 0.355 e. The molecule has 1 fully saturated rings. The highest BCUT2D eigenvalue weighted by Crippen LogP contribution is 2.15. The van der Waals surface area contributed by atoms with E-state index < -0.39 is 25.6 Å². The summed E-state index contributed by atoms with van der Waals surface area (Å²) in [5, 5.41) is 6.41. The number of nitrogens with one attached hydrogen (secondary N) is 3. The fraction of sp³-hybridized carbons (Fsp3) is 0.933. The Morgan fingerprint density at radius 1 is 1.19 bits per heavy atom. The van der Waals surface area contributed by atoms with E-state index in [9.17, 15) is 16.8 Å². The van der Waals surface area contributed by atoms with E-state index in [0.717, 1.165) is 6.26 Å². The summed E-state index contributed by atoms with van der Waals surface area (Å²) in [6, 6.07) is 0.125. The van der Waals surface area contributed by atoms with Crippen LogP contribution in [-0.2, 0) is 20.0 Å². The maximum absolute atomic E-state index is 12.1. The molecule has 0 unspecified atom stereocenters. The van der Waals surface area contributed by atoms with Crippen molar-refractivity contribution in [1.82, 2.24) is 19.7 Å². The molecule has 0 radical (unpaired) electrons. The molecule has 1 saturated heterocycles. The number of rotatable bonds is 8. The number of hydrogen-bond donors (Lipinski definition) is 3. The second-order valence-corrected chi connectivity index (χ2v) is 11.2.